The SMILES string of the molecule is Cn1ncc(N)c1C(=O)Nc1c(Cl)cc(F)cc1Br. The topological polar surface area (TPSA) is 72.9 Å². The molecule has 0 fully saturated rings. The molecule has 0 unspecified atom stereocenters. The van der Waals surface area contributed by atoms with Crippen LogP contribution in [0.15, 0.2) is 22.8 Å². The van der Waals surface area contributed by atoms with Crippen LogP contribution in [0.3, 0.4) is 0 Å². The summed E-state index contributed by atoms with van der Waals surface area (Å²) in [6.45, 7) is 0. The number of hydrogen-bond acceptors (Lipinski definition) is 3. The van der Waals surface area contributed by atoms with Crippen molar-refractivity contribution in [1.82, 2.24) is 9.78 Å². The molecule has 0 atom stereocenters. The minimum absolute atomic E-state index is 0.0842. The lowest BCUT2D eigenvalue weighted by atomic mass is 10.3. The summed E-state index contributed by atoms with van der Waals surface area (Å²) < 4.78 is 14.8. The zero-order valence-electron chi connectivity index (χ0n) is 9.75. The fraction of sp³-hybridized carbons (Fsp3) is 0.0909. The van der Waals surface area contributed by atoms with Crippen molar-refractivity contribution in [1.29, 1.82) is 0 Å². The van der Waals surface area contributed by atoms with Gasteiger partial charge in [0.1, 0.15) is 11.5 Å². The second kappa shape index (κ2) is 5.18. The van der Waals surface area contributed by atoms with Crippen LogP contribution in [0.2, 0.25) is 5.02 Å². The van der Waals surface area contributed by atoms with Crippen LogP contribution in [-0.4, -0.2) is 15.7 Å². The van der Waals surface area contributed by atoms with Crippen LogP contribution in [0, 0.1) is 5.82 Å². The molecule has 5 nitrogen and oxygen atoms in total. The predicted molar refractivity (Wildman–Crippen MR) is 74.7 cm³/mol. The van der Waals surface area contributed by atoms with E-state index in [-0.39, 0.29) is 22.1 Å². The largest absolute Gasteiger partial charge is 0.396 e. The number of aryl methyl sites for hydroxylation is 1. The van der Waals surface area contributed by atoms with Crippen molar-refractivity contribution in [3.63, 3.8) is 0 Å². The third-order valence-corrected chi connectivity index (χ3v) is 3.35. The Morgan fingerprint density at radius 2 is 2.26 bits per heavy atom. The third kappa shape index (κ3) is 2.71. The first-order valence-electron chi connectivity index (χ1n) is 5.13. The molecule has 1 aromatic heterocycles. The number of benzene rings is 1. The molecule has 100 valence electrons. The lowest BCUT2D eigenvalue weighted by Crippen LogP contribution is -2.18. The van der Waals surface area contributed by atoms with Crippen LogP contribution in [0.25, 0.3) is 0 Å². The molecule has 1 amide bonds. The highest BCUT2D eigenvalue weighted by atomic mass is 79.9. The molecule has 0 bridgehead atoms. The number of rotatable bonds is 2. The predicted octanol–water partition coefficient (Wildman–Crippen LogP) is 2.81. The number of nitrogen functional groups attached to an aromatic ring is 1. The van der Waals surface area contributed by atoms with Gasteiger partial charge in [0.2, 0.25) is 0 Å². The molecule has 0 saturated heterocycles. The van der Waals surface area contributed by atoms with Gasteiger partial charge in [0, 0.05) is 11.5 Å². The van der Waals surface area contributed by atoms with Gasteiger partial charge in [-0.15, -0.1) is 0 Å². The molecule has 0 spiro atoms. The van der Waals surface area contributed by atoms with Gasteiger partial charge in [-0.3, -0.25) is 9.48 Å². The Morgan fingerprint density at radius 1 is 1.58 bits per heavy atom. The highest BCUT2D eigenvalue weighted by Crippen LogP contribution is 2.32. The number of amides is 1. The molecule has 8 heteroatoms. The smallest absolute Gasteiger partial charge is 0.276 e. The Labute approximate surface area is 121 Å². The van der Waals surface area contributed by atoms with Crippen molar-refractivity contribution in [3.05, 3.63) is 39.3 Å². The molecule has 0 saturated carbocycles. The number of nitrogens with zero attached hydrogens (tertiary/aromatic N) is 2. The van der Waals surface area contributed by atoms with Crippen LogP contribution in [0.4, 0.5) is 15.8 Å². The fourth-order valence-corrected chi connectivity index (χ4v) is 2.47. The number of nitrogens with one attached hydrogen (secondary N) is 1. The van der Waals surface area contributed by atoms with Gasteiger partial charge in [-0.05, 0) is 28.1 Å². The summed E-state index contributed by atoms with van der Waals surface area (Å²) in [6.07, 6.45) is 1.37. The van der Waals surface area contributed by atoms with Crippen LogP contribution in [0.1, 0.15) is 10.5 Å². The fourth-order valence-electron chi connectivity index (χ4n) is 1.57. The Hall–Kier alpha value is -1.60. The number of anilines is 2. The molecule has 3 N–H and O–H groups in total. The van der Waals surface area contributed by atoms with Crippen molar-refractivity contribution in [2.24, 2.45) is 7.05 Å². The normalized spacial score (nSPS) is 10.5. The van der Waals surface area contributed by atoms with E-state index >= 15 is 0 Å². The van der Waals surface area contributed by atoms with E-state index in [4.69, 9.17) is 17.3 Å². The maximum absolute atomic E-state index is 13.1. The lowest BCUT2D eigenvalue weighted by Gasteiger charge is -2.10. The standard InChI is InChI=1S/C11H9BrClFN4O/c1-18-10(8(15)4-16-18)11(19)17-9-6(12)2-5(14)3-7(9)13/h2-4H,15H2,1H3,(H,17,19). The summed E-state index contributed by atoms with van der Waals surface area (Å²) in [4.78, 5) is 12.1. The number of hydrogen-bond donors (Lipinski definition) is 2. The number of halogens is 3. The minimum Gasteiger partial charge on any atom is -0.396 e. The van der Waals surface area contributed by atoms with Gasteiger partial charge in [-0.1, -0.05) is 11.6 Å². The maximum Gasteiger partial charge on any atom is 0.276 e. The van der Waals surface area contributed by atoms with E-state index in [0.29, 0.717) is 4.47 Å². The molecule has 0 aliphatic rings. The first-order chi connectivity index (χ1) is 8.90. The average Bonchev–Trinajstić information content (AvgIpc) is 2.63. The van der Waals surface area contributed by atoms with E-state index in [9.17, 15) is 9.18 Å². The minimum atomic E-state index is -0.505. The van der Waals surface area contributed by atoms with E-state index in [2.05, 4.69) is 26.3 Å². The van der Waals surface area contributed by atoms with Crippen molar-refractivity contribution < 1.29 is 9.18 Å². The quantitative estimate of drug-likeness (QED) is 0.877. The zero-order valence-corrected chi connectivity index (χ0v) is 12.1. The Morgan fingerprint density at radius 3 is 2.79 bits per heavy atom. The van der Waals surface area contributed by atoms with Crippen molar-refractivity contribution in [2.75, 3.05) is 11.1 Å². The van der Waals surface area contributed by atoms with E-state index in [0.717, 1.165) is 6.07 Å². The third-order valence-electron chi connectivity index (χ3n) is 2.43. The summed E-state index contributed by atoms with van der Waals surface area (Å²) in [5, 5.41) is 6.51. The first-order valence-corrected chi connectivity index (χ1v) is 6.30. The van der Waals surface area contributed by atoms with Gasteiger partial charge in [-0.2, -0.15) is 5.10 Å². The molecule has 1 heterocycles. The van der Waals surface area contributed by atoms with E-state index in [1.54, 1.807) is 7.05 Å². The van der Waals surface area contributed by atoms with E-state index in [1.165, 1.54) is 16.9 Å². The second-order valence-electron chi connectivity index (χ2n) is 3.77. The average molecular weight is 348 g/mol. The molecule has 19 heavy (non-hydrogen) atoms. The van der Waals surface area contributed by atoms with Crippen LogP contribution in [-0.2, 0) is 7.05 Å². The first kappa shape index (κ1) is 13.8. The Balaban J connectivity index is 2.35. The highest BCUT2D eigenvalue weighted by Gasteiger charge is 2.18. The molecule has 2 aromatic rings. The zero-order chi connectivity index (χ0) is 14.2. The van der Waals surface area contributed by atoms with Gasteiger partial charge >= 0.3 is 0 Å². The van der Waals surface area contributed by atoms with E-state index in [1.807, 2.05) is 0 Å². The Kier molecular flexibility index (Phi) is 3.77. The number of carbonyl (C=O) groups excluding carboxylic acids is 1. The van der Waals surface area contributed by atoms with Crippen LogP contribution >= 0.6 is 27.5 Å². The van der Waals surface area contributed by atoms with Crippen LogP contribution < -0.4 is 11.1 Å². The number of aromatic nitrogens is 2. The summed E-state index contributed by atoms with van der Waals surface area (Å²) in [5.74, 6) is -0.985. The van der Waals surface area contributed by atoms with Crippen molar-refractivity contribution >= 4 is 44.8 Å². The summed E-state index contributed by atoms with van der Waals surface area (Å²) >= 11 is 9.02. The molecule has 0 radical (unpaired) electrons. The summed E-state index contributed by atoms with van der Waals surface area (Å²) in [6, 6.07) is 2.31. The van der Waals surface area contributed by atoms with Gasteiger partial charge in [0.15, 0.2) is 0 Å². The number of nitrogens with two attached hydrogens (primary N) is 1. The second-order valence-corrected chi connectivity index (χ2v) is 5.03. The van der Waals surface area contributed by atoms with Gasteiger partial charge in [-0.25, -0.2) is 4.39 Å². The summed E-state index contributed by atoms with van der Waals surface area (Å²) in [5.41, 5.74) is 6.37. The lowest BCUT2D eigenvalue weighted by molar-refractivity contribution is 0.101. The van der Waals surface area contributed by atoms with Gasteiger partial charge in [0.05, 0.1) is 22.6 Å². The molecular weight excluding hydrogens is 339 g/mol. The molecular formula is C11H9BrClFN4O. The van der Waals surface area contributed by atoms with Gasteiger partial charge in [0.25, 0.3) is 5.91 Å². The van der Waals surface area contributed by atoms with Crippen molar-refractivity contribution in [2.45, 2.75) is 0 Å². The highest BCUT2D eigenvalue weighted by molar-refractivity contribution is 9.10. The monoisotopic (exact) mass is 346 g/mol. The maximum atomic E-state index is 13.1. The van der Waals surface area contributed by atoms with Gasteiger partial charge < -0.3 is 11.1 Å². The molecule has 1 aromatic carbocycles. The molecule has 0 aliphatic carbocycles. The molecule has 2 rings (SSSR count). The Bertz CT molecular complexity index is 616. The van der Waals surface area contributed by atoms with Crippen LogP contribution in [0.5, 0.6) is 0 Å². The van der Waals surface area contributed by atoms with E-state index < -0.39 is 11.7 Å². The van der Waals surface area contributed by atoms with Crippen molar-refractivity contribution in [3.8, 4) is 0 Å². The molecule has 0 aliphatic heterocycles. The number of carbonyl (C=O) groups is 1. The summed E-state index contributed by atoms with van der Waals surface area (Å²) in [7, 11) is 1.59.